The number of hydrogen-bond acceptors (Lipinski definition) is 3. The van der Waals surface area contributed by atoms with Gasteiger partial charge in [-0.05, 0) is 19.3 Å². The predicted octanol–water partition coefficient (Wildman–Crippen LogP) is 2.43. The number of thioether (sulfide) groups is 1. The Labute approximate surface area is 90.7 Å². The lowest BCUT2D eigenvalue weighted by Crippen LogP contribution is -2.35. The SMILES string of the molecule is CC(C)(C)C1=NC2CCC(N)CC2S1. The quantitative estimate of drug-likeness (QED) is 0.669. The van der Waals surface area contributed by atoms with Gasteiger partial charge in [-0.25, -0.2) is 0 Å². The molecule has 3 atom stereocenters. The first kappa shape index (κ1) is 10.5. The van der Waals surface area contributed by atoms with Crippen LogP contribution in [-0.4, -0.2) is 22.4 Å². The minimum absolute atomic E-state index is 0.228. The second kappa shape index (κ2) is 3.53. The Kier molecular flexibility index (Phi) is 2.64. The highest BCUT2D eigenvalue weighted by molar-refractivity contribution is 8.14. The third-order valence-corrected chi connectivity index (χ3v) is 4.74. The number of hydrogen-bond donors (Lipinski definition) is 1. The van der Waals surface area contributed by atoms with E-state index in [1.165, 1.54) is 11.5 Å². The van der Waals surface area contributed by atoms with Crippen LogP contribution >= 0.6 is 11.8 Å². The van der Waals surface area contributed by atoms with Crippen LogP contribution in [0.5, 0.6) is 0 Å². The van der Waals surface area contributed by atoms with E-state index < -0.39 is 0 Å². The monoisotopic (exact) mass is 212 g/mol. The molecule has 0 aromatic carbocycles. The molecule has 1 aliphatic heterocycles. The van der Waals surface area contributed by atoms with Crippen molar-refractivity contribution < 1.29 is 0 Å². The molecule has 2 rings (SSSR count). The average Bonchev–Trinajstić information content (AvgIpc) is 2.45. The highest BCUT2D eigenvalue weighted by Crippen LogP contribution is 2.41. The van der Waals surface area contributed by atoms with Gasteiger partial charge in [0.25, 0.3) is 0 Å². The Balaban J connectivity index is 2.07. The van der Waals surface area contributed by atoms with Gasteiger partial charge in [0, 0.05) is 16.7 Å². The first-order valence-corrected chi connectivity index (χ1v) is 6.35. The van der Waals surface area contributed by atoms with Gasteiger partial charge in [0.2, 0.25) is 0 Å². The van der Waals surface area contributed by atoms with Gasteiger partial charge >= 0.3 is 0 Å². The summed E-state index contributed by atoms with van der Waals surface area (Å²) < 4.78 is 0. The molecule has 0 aromatic heterocycles. The summed E-state index contributed by atoms with van der Waals surface area (Å²) >= 11 is 1.98. The Hall–Kier alpha value is -0.0200. The van der Waals surface area contributed by atoms with Crippen LogP contribution in [0.15, 0.2) is 4.99 Å². The summed E-state index contributed by atoms with van der Waals surface area (Å²) in [5.41, 5.74) is 6.21. The topological polar surface area (TPSA) is 38.4 Å². The molecule has 3 heteroatoms. The normalized spacial score (nSPS) is 38.0. The summed E-state index contributed by atoms with van der Waals surface area (Å²) in [6, 6.07) is 0.979. The zero-order valence-corrected chi connectivity index (χ0v) is 10.1. The molecule has 1 saturated carbocycles. The van der Waals surface area contributed by atoms with Crippen LogP contribution in [0, 0.1) is 5.41 Å². The van der Waals surface area contributed by atoms with Crippen molar-refractivity contribution in [2.75, 3.05) is 0 Å². The molecular formula is C11H20N2S. The Morgan fingerprint density at radius 1 is 1.36 bits per heavy atom. The summed E-state index contributed by atoms with van der Waals surface area (Å²) in [7, 11) is 0. The Morgan fingerprint density at radius 3 is 2.71 bits per heavy atom. The number of nitrogens with two attached hydrogens (primary N) is 1. The third-order valence-electron chi connectivity index (χ3n) is 2.99. The molecule has 1 fully saturated rings. The fraction of sp³-hybridized carbons (Fsp3) is 0.909. The van der Waals surface area contributed by atoms with Crippen LogP contribution in [-0.2, 0) is 0 Å². The molecule has 2 aliphatic rings. The number of aliphatic imine (C=N–C) groups is 1. The van der Waals surface area contributed by atoms with E-state index in [-0.39, 0.29) is 5.41 Å². The van der Waals surface area contributed by atoms with Crippen LogP contribution in [0.2, 0.25) is 0 Å². The van der Waals surface area contributed by atoms with E-state index in [9.17, 15) is 0 Å². The molecule has 2 N–H and O–H groups in total. The van der Waals surface area contributed by atoms with Gasteiger partial charge in [-0.2, -0.15) is 0 Å². The first-order valence-electron chi connectivity index (χ1n) is 5.47. The highest BCUT2D eigenvalue weighted by Gasteiger charge is 2.38. The summed E-state index contributed by atoms with van der Waals surface area (Å²) in [5.74, 6) is 0. The summed E-state index contributed by atoms with van der Waals surface area (Å²) in [5, 5.41) is 2.01. The average molecular weight is 212 g/mol. The molecule has 3 unspecified atom stereocenters. The summed E-state index contributed by atoms with van der Waals surface area (Å²) in [4.78, 5) is 4.84. The lowest BCUT2D eigenvalue weighted by Gasteiger charge is -2.27. The zero-order valence-electron chi connectivity index (χ0n) is 9.29. The van der Waals surface area contributed by atoms with Crippen LogP contribution in [0.3, 0.4) is 0 Å². The maximum absolute atomic E-state index is 5.98. The number of rotatable bonds is 0. The van der Waals surface area contributed by atoms with Crippen molar-refractivity contribution in [2.24, 2.45) is 16.1 Å². The minimum atomic E-state index is 0.228. The highest BCUT2D eigenvalue weighted by atomic mass is 32.2. The van der Waals surface area contributed by atoms with E-state index in [0.29, 0.717) is 17.3 Å². The van der Waals surface area contributed by atoms with E-state index in [4.69, 9.17) is 10.7 Å². The summed E-state index contributed by atoms with van der Waals surface area (Å²) in [6.45, 7) is 6.74. The Bertz CT molecular complexity index is 255. The first-order chi connectivity index (χ1) is 6.47. The molecule has 0 aromatic rings. The number of fused-ring (bicyclic) bond motifs is 1. The number of nitrogens with zero attached hydrogens (tertiary/aromatic N) is 1. The molecule has 0 saturated heterocycles. The molecule has 1 aliphatic carbocycles. The fourth-order valence-corrected chi connectivity index (χ4v) is 3.65. The molecule has 14 heavy (non-hydrogen) atoms. The van der Waals surface area contributed by atoms with E-state index >= 15 is 0 Å². The molecule has 0 spiro atoms. The van der Waals surface area contributed by atoms with Crippen LogP contribution in [0.1, 0.15) is 40.0 Å². The molecule has 0 bridgehead atoms. The lowest BCUT2D eigenvalue weighted by molar-refractivity contribution is 0.410. The molecular weight excluding hydrogens is 192 g/mol. The van der Waals surface area contributed by atoms with Crippen molar-refractivity contribution in [1.82, 2.24) is 0 Å². The lowest BCUT2D eigenvalue weighted by atomic mass is 9.91. The second-order valence-electron chi connectivity index (χ2n) is 5.48. The van der Waals surface area contributed by atoms with Gasteiger partial charge in [-0.15, -0.1) is 11.8 Å². The molecule has 0 amide bonds. The largest absolute Gasteiger partial charge is 0.328 e. The van der Waals surface area contributed by atoms with Gasteiger partial charge in [-0.3, -0.25) is 4.99 Å². The standard InChI is InChI=1S/C11H20N2S/c1-11(2,3)10-13-8-5-4-7(12)6-9(8)14-10/h7-9H,4-6,12H2,1-3H3. The van der Waals surface area contributed by atoms with Gasteiger partial charge in [0.15, 0.2) is 0 Å². The van der Waals surface area contributed by atoms with Crippen LogP contribution < -0.4 is 5.73 Å². The second-order valence-corrected chi connectivity index (χ2v) is 6.71. The maximum atomic E-state index is 5.98. The minimum Gasteiger partial charge on any atom is -0.328 e. The zero-order chi connectivity index (χ0) is 10.3. The van der Waals surface area contributed by atoms with Crippen LogP contribution in [0.25, 0.3) is 0 Å². The van der Waals surface area contributed by atoms with Gasteiger partial charge in [-0.1, -0.05) is 20.8 Å². The van der Waals surface area contributed by atoms with E-state index in [1.54, 1.807) is 0 Å². The van der Waals surface area contributed by atoms with Crippen molar-refractivity contribution in [1.29, 1.82) is 0 Å². The molecule has 80 valence electrons. The third kappa shape index (κ3) is 1.98. The van der Waals surface area contributed by atoms with Crippen molar-refractivity contribution >= 4 is 16.8 Å². The smallest absolute Gasteiger partial charge is 0.0736 e. The molecule has 2 nitrogen and oxygen atoms in total. The van der Waals surface area contributed by atoms with Crippen molar-refractivity contribution in [3.63, 3.8) is 0 Å². The van der Waals surface area contributed by atoms with E-state index in [1.807, 2.05) is 11.8 Å². The molecule has 0 radical (unpaired) electrons. The van der Waals surface area contributed by atoms with E-state index in [2.05, 4.69) is 20.8 Å². The predicted molar refractivity (Wildman–Crippen MR) is 63.9 cm³/mol. The molecule has 1 heterocycles. The fourth-order valence-electron chi connectivity index (χ4n) is 2.11. The van der Waals surface area contributed by atoms with Crippen molar-refractivity contribution in [3.05, 3.63) is 0 Å². The van der Waals surface area contributed by atoms with Gasteiger partial charge < -0.3 is 5.73 Å². The van der Waals surface area contributed by atoms with Crippen molar-refractivity contribution in [3.8, 4) is 0 Å². The van der Waals surface area contributed by atoms with Gasteiger partial charge in [0.1, 0.15) is 0 Å². The van der Waals surface area contributed by atoms with Crippen LogP contribution in [0.4, 0.5) is 0 Å². The summed E-state index contributed by atoms with van der Waals surface area (Å²) in [6.07, 6.45) is 3.50. The van der Waals surface area contributed by atoms with Gasteiger partial charge in [0.05, 0.1) is 11.1 Å². The van der Waals surface area contributed by atoms with Crippen molar-refractivity contribution in [2.45, 2.75) is 57.4 Å². The maximum Gasteiger partial charge on any atom is 0.0736 e. The van der Waals surface area contributed by atoms with E-state index in [0.717, 1.165) is 12.8 Å². The Morgan fingerprint density at radius 2 is 2.07 bits per heavy atom.